The van der Waals surface area contributed by atoms with Crippen molar-refractivity contribution in [3.05, 3.63) is 71.1 Å². The molecule has 2 aromatic rings. The van der Waals surface area contributed by atoms with E-state index in [4.69, 9.17) is 32.7 Å². The highest BCUT2D eigenvalue weighted by Gasteiger charge is 2.24. The normalized spacial score (nSPS) is 13.9. The molecule has 35 heavy (non-hydrogen) atoms. The molecule has 0 saturated heterocycles. The van der Waals surface area contributed by atoms with Gasteiger partial charge in [0.15, 0.2) is 0 Å². The zero-order valence-corrected chi connectivity index (χ0v) is 21.9. The first-order valence-electron chi connectivity index (χ1n) is 11.2. The summed E-state index contributed by atoms with van der Waals surface area (Å²) in [5.74, 6) is 7.23. The number of aryl methyl sites for hydroxylation is 1. The molecule has 0 aliphatic carbocycles. The molecule has 0 saturated carbocycles. The number of alkyl halides is 1. The third-order valence-electron chi connectivity index (χ3n) is 5.50. The molecule has 0 aliphatic heterocycles. The standard InChI is InChI=1S/C25H35ClFN3O4S/c1-17-10-19(6-9-24(17)34-14-21(31)11-26)25(2,3)18-4-7-23(8-5-18)33-15-22(32)13-30(29)12-20(28)16-35-27/h4-10,12,21-22,31-32H,11,13-16,28-29H2,1-3H3/b20-12-/t21?,22-/m1/s1. The van der Waals surface area contributed by atoms with Crippen molar-refractivity contribution < 1.29 is 23.6 Å². The molecule has 0 aromatic heterocycles. The number of nitrogens with zero attached hydrogens (tertiary/aromatic N) is 1. The molecule has 2 atom stereocenters. The summed E-state index contributed by atoms with van der Waals surface area (Å²) < 4.78 is 23.6. The highest BCUT2D eigenvalue weighted by molar-refractivity contribution is 7.94. The van der Waals surface area contributed by atoms with E-state index in [9.17, 15) is 14.1 Å². The molecule has 0 heterocycles. The summed E-state index contributed by atoms with van der Waals surface area (Å²) in [6.45, 7) is 6.52. The maximum Gasteiger partial charge on any atom is 0.122 e. The lowest BCUT2D eigenvalue weighted by atomic mass is 9.77. The average molecular weight is 528 g/mol. The predicted octanol–water partition coefficient (Wildman–Crippen LogP) is 3.63. The lowest BCUT2D eigenvalue weighted by molar-refractivity contribution is 0.0817. The number of ether oxygens (including phenoxy) is 2. The Kier molecular flexibility index (Phi) is 11.5. The van der Waals surface area contributed by atoms with Gasteiger partial charge in [0.25, 0.3) is 0 Å². The van der Waals surface area contributed by atoms with Crippen LogP contribution in [0.1, 0.15) is 30.5 Å². The second-order valence-electron chi connectivity index (χ2n) is 8.87. The SMILES string of the molecule is Cc1cc(C(C)(C)c2ccc(OC[C@H](O)CN(N)/C=C(\N)CSF)cc2)ccc1OCC(O)CCl. The van der Waals surface area contributed by atoms with E-state index in [1.807, 2.05) is 43.3 Å². The Morgan fingerprint density at radius 2 is 1.74 bits per heavy atom. The van der Waals surface area contributed by atoms with Crippen LogP contribution < -0.4 is 21.1 Å². The fraction of sp³-hybridized carbons (Fsp3) is 0.440. The molecule has 0 radical (unpaired) electrons. The molecule has 7 nitrogen and oxygen atoms in total. The molecule has 10 heteroatoms. The highest BCUT2D eigenvalue weighted by atomic mass is 35.5. The van der Waals surface area contributed by atoms with Crippen molar-refractivity contribution in [3.63, 3.8) is 0 Å². The van der Waals surface area contributed by atoms with E-state index in [0.29, 0.717) is 11.5 Å². The number of hydrazine groups is 1. The highest BCUT2D eigenvalue weighted by Crippen LogP contribution is 2.34. The molecule has 1 unspecified atom stereocenters. The summed E-state index contributed by atoms with van der Waals surface area (Å²) in [6.07, 6.45) is -0.172. The quantitative estimate of drug-likeness (QED) is 0.167. The topological polar surface area (TPSA) is 114 Å². The van der Waals surface area contributed by atoms with Crippen molar-refractivity contribution in [1.82, 2.24) is 5.01 Å². The van der Waals surface area contributed by atoms with Crippen molar-refractivity contribution in [2.24, 2.45) is 11.6 Å². The zero-order valence-electron chi connectivity index (χ0n) is 20.3. The third-order valence-corrected chi connectivity index (χ3v) is 6.30. The second-order valence-corrected chi connectivity index (χ2v) is 9.68. The Hall–Kier alpha value is -2.17. The van der Waals surface area contributed by atoms with Crippen molar-refractivity contribution in [3.8, 4) is 11.5 Å². The summed E-state index contributed by atoms with van der Waals surface area (Å²) >= 11 is 5.73. The van der Waals surface area contributed by atoms with Gasteiger partial charge in [0, 0.05) is 17.3 Å². The molecule has 6 N–H and O–H groups in total. The van der Waals surface area contributed by atoms with Crippen LogP contribution in [0.4, 0.5) is 3.89 Å². The van der Waals surface area contributed by atoms with Gasteiger partial charge in [0.1, 0.15) is 36.9 Å². The number of hydrogen-bond donors (Lipinski definition) is 4. The van der Waals surface area contributed by atoms with E-state index in [1.165, 1.54) is 11.2 Å². The molecule has 194 valence electrons. The lowest BCUT2D eigenvalue weighted by Crippen LogP contribution is -2.37. The summed E-state index contributed by atoms with van der Waals surface area (Å²) in [5.41, 5.74) is 8.79. The predicted molar refractivity (Wildman–Crippen MR) is 140 cm³/mol. The molecule has 2 rings (SSSR count). The van der Waals surface area contributed by atoms with E-state index in [2.05, 4.69) is 19.9 Å². The van der Waals surface area contributed by atoms with Crippen LogP contribution in [0.3, 0.4) is 0 Å². The first-order valence-corrected chi connectivity index (χ1v) is 12.6. The van der Waals surface area contributed by atoms with Crippen LogP contribution in [-0.4, -0.2) is 58.8 Å². The Balaban J connectivity index is 1.97. The number of aliphatic hydroxyl groups excluding tert-OH is 2. The zero-order chi connectivity index (χ0) is 26.0. The van der Waals surface area contributed by atoms with Gasteiger partial charge >= 0.3 is 0 Å². The minimum absolute atomic E-state index is 0.0131. The Labute approximate surface area is 216 Å². The molecule has 2 aromatic carbocycles. The van der Waals surface area contributed by atoms with Gasteiger partial charge in [-0.05, 0) is 41.8 Å². The molecule has 0 aliphatic rings. The number of nitrogens with two attached hydrogens (primary N) is 2. The van der Waals surface area contributed by atoms with Crippen LogP contribution in [0.5, 0.6) is 11.5 Å². The largest absolute Gasteiger partial charge is 0.491 e. The van der Waals surface area contributed by atoms with E-state index >= 15 is 0 Å². The smallest absolute Gasteiger partial charge is 0.122 e. The van der Waals surface area contributed by atoms with Crippen molar-refractivity contribution in [1.29, 1.82) is 0 Å². The number of hydrogen-bond acceptors (Lipinski definition) is 8. The summed E-state index contributed by atoms with van der Waals surface area (Å²) in [5, 5.41) is 21.0. The van der Waals surface area contributed by atoms with Crippen molar-refractivity contribution in [2.45, 2.75) is 38.4 Å². The van der Waals surface area contributed by atoms with E-state index in [0.717, 1.165) is 16.7 Å². The monoisotopic (exact) mass is 527 g/mol. The summed E-state index contributed by atoms with van der Waals surface area (Å²) in [6, 6.07) is 13.7. The molecule has 0 bridgehead atoms. The van der Waals surface area contributed by atoms with Crippen molar-refractivity contribution in [2.75, 3.05) is 31.4 Å². The minimum atomic E-state index is -0.854. The number of rotatable bonds is 14. The molecule has 0 fully saturated rings. The number of aliphatic hydroxyl groups is 2. The Bertz CT molecular complexity index is 962. The van der Waals surface area contributed by atoms with Crippen LogP contribution in [0.15, 0.2) is 54.4 Å². The summed E-state index contributed by atoms with van der Waals surface area (Å²) in [7, 11) is 0. The first kappa shape index (κ1) is 29.1. The fourth-order valence-corrected chi connectivity index (χ4v) is 3.71. The Morgan fingerprint density at radius 1 is 1.11 bits per heavy atom. The number of benzene rings is 2. The molecular formula is C25H35ClFN3O4S. The third kappa shape index (κ3) is 9.09. The van der Waals surface area contributed by atoms with E-state index in [1.54, 1.807) is 0 Å². The van der Waals surface area contributed by atoms with Gasteiger partial charge < -0.3 is 30.4 Å². The minimum Gasteiger partial charge on any atom is -0.491 e. The molecule has 0 amide bonds. The first-order chi connectivity index (χ1) is 16.6. The van der Waals surface area contributed by atoms with Gasteiger partial charge in [0.05, 0.1) is 30.3 Å². The van der Waals surface area contributed by atoms with Crippen LogP contribution in [0.2, 0.25) is 0 Å². The van der Waals surface area contributed by atoms with Crippen LogP contribution >= 0.6 is 23.7 Å². The summed E-state index contributed by atoms with van der Waals surface area (Å²) in [4.78, 5) is 0. The van der Waals surface area contributed by atoms with Gasteiger partial charge in [-0.3, -0.25) is 0 Å². The number of halogens is 2. The van der Waals surface area contributed by atoms with Crippen LogP contribution in [0, 0.1) is 6.92 Å². The van der Waals surface area contributed by atoms with Crippen LogP contribution in [0.25, 0.3) is 0 Å². The van der Waals surface area contributed by atoms with E-state index in [-0.39, 0.29) is 54.7 Å². The average Bonchev–Trinajstić information content (AvgIpc) is 2.81. The van der Waals surface area contributed by atoms with Crippen molar-refractivity contribution >= 4 is 23.7 Å². The van der Waals surface area contributed by atoms with E-state index < -0.39 is 12.2 Å². The maximum atomic E-state index is 12.2. The second kappa shape index (κ2) is 13.8. The lowest BCUT2D eigenvalue weighted by Gasteiger charge is -2.27. The van der Waals surface area contributed by atoms with Gasteiger partial charge in [-0.25, -0.2) is 5.84 Å². The maximum absolute atomic E-state index is 12.2. The molecule has 0 spiro atoms. The fourth-order valence-electron chi connectivity index (χ4n) is 3.42. The molecular weight excluding hydrogens is 493 g/mol. The Morgan fingerprint density at radius 3 is 2.34 bits per heavy atom. The van der Waals surface area contributed by atoms with Gasteiger partial charge in [-0.1, -0.05) is 38.1 Å². The van der Waals surface area contributed by atoms with Crippen LogP contribution in [-0.2, 0) is 5.41 Å². The van der Waals surface area contributed by atoms with Gasteiger partial charge in [-0.15, -0.1) is 11.6 Å². The van der Waals surface area contributed by atoms with Gasteiger partial charge in [0.2, 0.25) is 0 Å². The van der Waals surface area contributed by atoms with Gasteiger partial charge in [-0.2, -0.15) is 3.89 Å².